The van der Waals surface area contributed by atoms with Gasteiger partial charge in [0, 0.05) is 5.56 Å². The molecule has 0 radical (unpaired) electrons. The van der Waals surface area contributed by atoms with Crippen LogP contribution in [0.25, 0.3) is 16.6 Å². The quantitative estimate of drug-likeness (QED) is 0.195. The van der Waals surface area contributed by atoms with Crippen molar-refractivity contribution in [2.45, 2.75) is 19.0 Å². The number of carbonyl (C=O) groups is 1. The van der Waals surface area contributed by atoms with Crippen molar-refractivity contribution in [3.8, 4) is 17.2 Å². The minimum absolute atomic E-state index is 0.0521. The van der Waals surface area contributed by atoms with E-state index in [4.69, 9.17) is 14.5 Å². The van der Waals surface area contributed by atoms with Crippen LogP contribution >= 0.6 is 11.8 Å². The summed E-state index contributed by atoms with van der Waals surface area (Å²) in [7, 11) is 0. The molecule has 0 aliphatic carbocycles. The van der Waals surface area contributed by atoms with Crippen molar-refractivity contribution in [3.05, 3.63) is 88.7 Å². The highest BCUT2D eigenvalue weighted by molar-refractivity contribution is 7.99. The van der Waals surface area contributed by atoms with Gasteiger partial charge in [0.15, 0.2) is 10.9 Å². The van der Waals surface area contributed by atoms with Crippen LogP contribution in [-0.2, 0) is 0 Å². The lowest BCUT2D eigenvalue weighted by molar-refractivity contribution is 0.102. The fraction of sp³-hybridized carbons (Fsp3) is 0.192. The van der Waals surface area contributed by atoms with E-state index in [-0.39, 0.29) is 17.1 Å². The first-order valence-electron chi connectivity index (χ1n) is 10.7. The first-order valence-corrected chi connectivity index (χ1v) is 11.7. The van der Waals surface area contributed by atoms with Crippen LogP contribution in [-0.4, -0.2) is 34.3 Å². The summed E-state index contributed by atoms with van der Waals surface area (Å²) >= 11 is 1.24. The van der Waals surface area contributed by atoms with Crippen LogP contribution in [0.2, 0.25) is 0 Å². The van der Waals surface area contributed by atoms with Gasteiger partial charge in [0.25, 0.3) is 5.56 Å². The van der Waals surface area contributed by atoms with Crippen LogP contribution in [0.1, 0.15) is 24.2 Å². The van der Waals surface area contributed by atoms with Crippen molar-refractivity contribution in [2.24, 2.45) is 0 Å². The maximum Gasteiger partial charge on any atom is 0.266 e. The molecule has 3 aromatic carbocycles. The molecule has 1 aromatic heterocycles. The predicted octanol–water partition coefficient (Wildman–Crippen LogP) is 5.16. The van der Waals surface area contributed by atoms with E-state index in [1.165, 1.54) is 11.8 Å². The first-order chi connectivity index (χ1) is 16.1. The van der Waals surface area contributed by atoms with E-state index in [2.05, 4.69) is 0 Å². The molecule has 0 amide bonds. The van der Waals surface area contributed by atoms with E-state index in [1.807, 2.05) is 50.2 Å². The standard InChI is InChI=1S/C26H24N2O4S/c1-3-31-20-13-9-18(10-14-20)24(29)17-33-26-27-23-8-6-5-7-22(23)25(30)28(26)19-11-15-21(16-12-19)32-4-2/h5-16H,3-4,17H2,1-2H3. The van der Waals surface area contributed by atoms with Gasteiger partial charge in [-0.1, -0.05) is 23.9 Å². The Morgan fingerprint density at radius 2 is 1.48 bits per heavy atom. The zero-order valence-electron chi connectivity index (χ0n) is 18.5. The highest BCUT2D eigenvalue weighted by Gasteiger charge is 2.16. The van der Waals surface area contributed by atoms with E-state index in [0.29, 0.717) is 40.5 Å². The Balaban J connectivity index is 1.66. The number of Topliss-reactive ketones (excluding diaryl/α,β-unsaturated/α-hetero) is 1. The van der Waals surface area contributed by atoms with E-state index in [1.54, 1.807) is 41.0 Å². The molecule has 0 aliphatic heterocycles. The lowest BCUT2D eigenvalue weighted by atomic mass is 10.1. The number of carbonyl (C=O) groups excluding carboxylic acids is 1. The number of benzene rings is 3. The Kier molecular flexibility index (Phi) is 7.10. The van der Waals surface area contributed by atoms with E-state index in [0.717, 1.165) is 11.5 Å². The minimum atomic E-state index is -0.180. The molecule has 0 atom stereocenters. The average Bonchev–Trinajstić information content (AvgIpc) is 2.84. The molecule has 1 heterocycles. The third-order valence-corrected chi connectivity index (χ3v) is 5.91. The Bertz CT molecular complexity index is 1320. The number of para-hydroxylation sites is 1. The topological polar surface area (TPSA) is 70.4 Å². The molecule has 6 nitrogen and oxygen atoms in total. The van der Waals surface area contributed by atoms with Gasteiger partial charge in [0.05, 0.1) is 35.6 Å². The number of thioether (sulfide) groups is 1. The molecule has 0 N–H and O–H groups in total. The molecular formula is C26H24N2O4S. The van der Waals surface area contributed by atoms with Crippen LogP contribution < -0.4 is 15.0 Å². The second-order valence-electron chi connectivity index (χ2n) is 7.15. The highest BCUT2D eigenvalue weighted by atomic mass is 32.2. The smallest absolute Gasteiger partial charge is 0.266 e. The number of ketones is 1. The van der Waals surface area contributed by atoms with Crippen molar-refractivity contribution in [3.63, 3.8) is 0 Å². The molecule has 33 heavy (non-hydrogen) atoms. The second-order valence-corrected chi connectivity index (χ2v) is 8.09. The molecule has 0 fully saturated rings. The Hall–Kier alpha value is -3.58. The van der Waals surface area contributed by atoms with Crippen molar-refractivity contribution in [1.82, 2.24) is 9.55 Å². The number of aromatic nitrogens is 2. The van der Waals surface area contributed by atoms with Gasteiger partial charge in [0.2, 0.25) is 0 Å². The van der Waals surface area contributed by atoms with Crippen molar-refractivity contribution in [1.29, 1.82) is 0 Å². The van der Waals surface area contributed by atoms with Gasteiger partial charge in [0.1, 0.15) is 11.5 Å². The summed E-state index contributed by atoms with van der Waals surface area (Å²) in [5.41, 5.74) is 1.67. The number of rotatable bonds is 9. The van der Waals surface area contributed by atoms with Crippen LogP contribution in [0.5, 0.6) is 11.5 Å². The molecule has 0 bridgehead atoms. The summed E-state index contributed by atoms with van der Waals surface area (Å²) in [5.74, 6) is 1.55. The Morgan fingerprint density at radius 1 is 0.879 bits per heavy atom. The van der Waals surface area contributed by atoms with Crippen LogP contribution in [0.3, 0.4) is 0 Å². The lowest BCUT2D eigenvalue weighted by Gasteiger charge is -2.14. The molecule has 0 spiro atoms. The van der Waals surface area contributed by atoms with Gasteiger partial charge in [-0.05, 0) is 74.5 Å². The van der Waals surface area contributed by atoms with Crippen molar-refractivity contribution >= 4 is 28.4 Å². The second kappa shape index (κ2) is 10.4. The maximum atomic E-state index is 13.4. The third-order valence-electron chi connectivity index (χ3n) is 4.97. The van der Waals surface area contributed by atoms with Gasteiger partial charge in [-0.25, -0.2) is 4.98 Å². The maximum absolute atomic E-state index is 13.4. The number of nitrogens with zero attached hydrogens (tertiary/aromatic N) is 2. The van der Waals surface area contributed by atoms with Crippen molar-refractivity contribution < 1.29 is 14.3 Å². The molecule has 4 aromatic rings. The summed E-state index contributed by atoms with van der Waals surface area (Å²) in [5, 5.41) is 0.982. The average molecular weight is 461 g/mol. The first kappa shape index (κ1) is 22.6. The predicted molar refractivity (Wildman–Crippen MR) is 131 cm³/mol. The van der Waals surface area contributed by atoms with Gasteiger partial charge in [-0.3, -0.25) is 14.2 Å². The van der Waals surface area contributed by atoms with Crippen LogP contribution in [0.4, 0.5) is 0 Å². The van der Waals surface area contributed by atoms with E-state index in [9.17, 15) is 9.59 Å². The molecule has 0 unspecified atom stereocenters. The summed E-state index contributed by atoms with van der Waals surface area (Å²) in [6, 6.07) is 21.6. The van der Waals surface area contributed by atoms with Crippen LogP contribution in [0, 0.1) is 0 Å². The zero-order valence-corrected chi connectivity index (χ0v) is 19.3. The van der Waals surface area contributed by atoms with E-state index < -0.39 is 0 Å². The van der Waals surface area contributed by atoms with Gasteiger partial charge >= 0.3 is 0 Å². The fourth-order valence-corrected chi connectivity index (χ4v) is 4.32. The Morgan fingerprint density at radius 3 is 2.12 bits per heavy atom. The molecule has 4 rings (SSSR count). The largest absolute Gasteiger partial charge is 0.494 e. The fourth-order valence-electron chi connectivity index (χ4n) is 3.41. The van der Waals surface area contributed by atoms with Crippen LogP contribution in [0.15, 0.2) is 82.7 Å². The van der Waals surface area contributed by atoms with E-state index >= 15 is 0 Å². The summed E-state index contributed by atoms with van der Waals surface area (Å²) < 4.78 is 12.5. The highest BCUT2D eigenvalue weighted by Crippen LogP contribution is 2.24. The number of hydrogen-bond donors (Lipinski definition) is 0. The number of ether oxygens (including phenoxy) is 2. The molecule has 0 saturated heterocycles. The minimum Gasteiger partial charge on any atom is -0.494 e. The molecule has 168 valence electrons. The summed E-state index contributed by atoms with van der Waals surface area (Å²) in [4.78, 5) is 30.9. The number of hydrogen-bond acceptors (Lipinski definition) is 6. The zero-order chi connectivity index (χ0) is 23.2. The normalized spacial score (nSPS) is 10.8. The molecular weight excluding hydrogens is 436 g/mol. The number of fused-ring (bicyclic) bond motifs is 1. The monoisotopic (exact) mass is 460 g/mol. The molecule has 7 heteroatoms. The van der Waals surface area contributed by atoms with Gasteiger partial charge in [-0.2, -0.15) is 0 Å². The summed E-state index contributed by atoms with van der Waals surface area (Å²) in [6.07, 6.45) is 0. The SMILES string of the molecule is CCOc1ccc(C(=O)CSc2nc3ccccc3c(=O)n2-c2ccc(OCC)cc2)cc1. The van der Waals surface area contributed by atoms with Gasteiger partial charge < -0.3 is 9.47 Å². The lowest BCUT2D eigenvalue weighted by Crippen LogP contribution is -2.22. The Labute approximate surface area is 196 Å². The molecule has 0 aliphatic rings. The summed E-state index contributed by atoms with van der Waals surface area (Å²) in [6.45, 7) is 4.96. The third kappa shape index (κ3) is 5.09. The van der Waals surface area contributed by atoms with Crippen molar-refractivity contribution in [2.75, 3.05) is 19.0 Å². The van der Waals surface area contributed by atoms with Gasteiger partial charge in [-0.15, -0.1) is 0 Å². The molecule has 0 saturated carbocycles.